The first-order valence-electron chi connectivity index (χ1n) is 4.11. The Bertz CT molecular complexity index is 230. The molecule has 13 heavy (non-hydrogen) atoms. The van der Waals surface area contributed by atoms with Gasteiger partial charge in [-0.1, -0.05) is 0 Å². The van der Waals surface area contributed by atoms with Crippen molar-refractivity contribution in [3.63, 3.8) is 0 Å². The van der Waals surface area contributed by atoms with E-state index in [0.717, 1.165) is 0 Å². The van der Waals surface area contributed by atoms with Crippen molar-refractivity contribution < 1.29 is 24.2 Å². The second kappa shape index (κ2) is 3.32. The summed E-state index contributed by atoms with van der Waals surface area (Å²) in [5, 5.41) is 17.1. The summed E-state index contributed by atoms with van der Waals surface area (Å²) in [4.78, 5) is 20.9. The van der Waals surface area contributed by atoms with E-state index >= 15 is 0 Å². The van der Waals surface area contributed by atoms with Crippen LogP contribution in [0.15, 0.2) is 0 Å². The number of carboxylic acid groups (broad SMARTS) is 2. The Kier molecular flexibility index (Phi) is 2.54. The summed E-state index contributed by atoms with van der Waals surface area (Å²) in [7, 11) is 0. The lowest BCUT2D eigenvalue weighted by Gasteiger charge is -2.28. The summed E-state index contributed by atoms with van der Waals surface area (Å²) < 4.78 is 13.3. The smallest absolute Gasteiger partial charge is 0.341 e. The van der Waals surface area contributed by atoms with E-state index < -0.39 is 23.5 Å². The van der Waals surface area contributed by atoms with Gasteiger partial charge in [0.1, 0.15) is 0 Å². The third-order valence-corrected chi connectivity index (χ3v) is 2.51. The van der Waals surface area contributed by atoms with Crippen molar-refractivity contribution >= 4 is 11.9 Å². The van der Waals surface area contributed by atoms with E-state index in [9.17, 15) is 14.0 Å². The standard InChI is InChI=1S/C8H11FO4/c9-8(7(12)13)3-1-5(2-4-8)6(10)11/h5H,1-4H2,(H,10,11)(H,12,13)/t5-,8-. The molecule has 0 aromatic rings. The van der Waals surface area contributed by atoms with Gasteiger partial charge in [0.2, 0.25) is 5.67 Å². The number of hydrogen-bond acceptors (Lipinski definition) is 2. The fourth-order valence-electron chi connectivity index (χ4n) is 1.54. The van der Waals surface area contributed by atoms with Crippen LogP contribution in [-0.4, -0.2) is 27.8 Å². The van der Waals surface area contributed by atoms with Gasteiger partial charge in [-0.3, -0.25) is 4.79 Å². The molecule has 0 heterocycles. The minimum Gasteiger partial charge on any atom is -0.481 e. The Labute approximate surface area is 74.4 Å². The van der Waals surface area contributed by atoms with Crippen molar-refractivity contribution in [1.82, 2.24) is 0 Å². The van der Waals surface area contributed by atoms with Gasteiger partial charge in [0.15, 0.2) is 0 Å². The molecule has 1 saturated carbocycles. The Morgan fingerprint density at radius 2 is 1.69 bits per heavy atom. The molecule has 1 rings (SSSR count). The highest BCUT2D eigenvalue weighted by Crippen LogP contribution is 2.35. The van der Waals surface area contributed by atoms with Gasteiger partial charge < -0.3 is 10.2 Å². The van der Waals surface area contributed by atoms with Crippen molar-refractivity contribution in [2.24, 2.45) is 5.92 Å². The Morgan fingerprint density at radius 3 is 2.00 bits per heavy atom. The largest absolute Gasteiger partial charge is 0.481 e. The van der Waals surface area contributed by atoms with Crippen molar-refractivity contribution in [3.8, 4) is 0 Å². The van der Waals surface area contributed by atoms with Gasteiger partial charge in [0, 0.05) is 0 Å². The van der Waals surface area contributed by atoms with E-state index in [1.54, 1.807) is 0 Å². The summed E-state index contributed by atoms with van der Waals surface area (Å²) in [5.41, 5.74) is -2.20. The predicted molar refractivity (Wildman–Crippen MR) is 41.1 cm³/mol. The molecule has 0 aromatic carbocycles. The summed E-state index contributed by atoms with van der Waals surface area (Å²) in [6.45, 7) is 0. The normalized spacial score (nSPS) is 34.1. The lowest BCUT2D eigenvalue weighted by molar-refractivity contribution is -0.157. The second-order valence-electron chi connectivity index (χ2n) is 3.38. The zero-order chi connectivity index (χ0) is 10.1. The Hall–Kier alpha value is -1.13. The van der Waals surface area contributed by atoms with Crippen molar-refractivity contribution in [2.75, 3.05) is 0 Å². The first-order valence-corrected chi connectivity index (χ1v) is 4.11. The number of carboxylic acids is 2. The van der Waals surface area contributed by atoms with Gasteiger partial charge in [0.05, 0.1) is 5.92 Å². The third kappa shape index (κ3) is 1.96. The van der Waals surface area contributed by atoms with Crippen LogP contribution in [0.5, 0.6) is 0 Å². The van der Waals surface area contributed by atoms with Crippen LogP contribution in [0.2, 0.25) is 0 Å². The summed E-state index contributed by atoms with van der Waals surface area (Å²) in [6.07, 6.45) is -0.172. The van der Waals surface area contributed by atoms with Gasteiger partial charge in [0.25, 0.3) is 0 Å². The van der Waals surface area contributed by atoms with Crippen LogP contribution in [0.3, 0.4) is 0 Å². The highest BCUT2D eigenvalue weighted by atomic mass is 19.1. The molecule has 0 spiro atoms. The summed E-state index contributed by atoms with van der Waals surface area (Å²) in [6, 6.07) is 0. The first kappa shape index (κ1) is 9.95. The molecule has 74 valence electrons. The van der Waals surface area contributed by atoms with Crippen molar-refractivity contribution in [1.29, 1.82) is 0 Å². The molecule has 0 aliphatic heterocycles. The van der Waals surface area contributed by atoms with E-state index in [4.69, 9.17) is 10.2 Å². The molecule has 0 atom stereocenters. The van der Waals surface area contributed by atoms with Crippen LogP contribution < -0.4 is 0 Å². The van der Waals surface area contributed by atoms with E-state index in [2.05, 4.69) is 0 Å². The zero-order valence-corrected chi connectivity index (χ0v) is 6.99. The quantitative estimate of drug-likeness (QED) is 0.682. The molecule has 0 aromatic heterocycles. The van der Waals surface area contributed by atoms with Crippen LogP contribution in [0, 0.1) is 5.92 Å². The number of alkyl halides is 1. The topological polar surface area (TPSA) is 74.6 Å². The number of aliphatic carboxylic acids is 2. The lowest BCUT2D eigenvalue weighted by Crippen LogP contribution is -2.39. The first-order chi connectivity index (χ1) is 5.96. The fraction of sp³-hybridized carbons (Fsp3) is 0.750. The van der Waals surface area contributed by atoms with Crippen molar-refractivity contribution in [2.45, 2.75) is 31.4 Å². The average molecular weight is 190 g/mol. The maximum Gasteiger partial charge on any atom is 0.341 e. The molecule has 1 aliphatic rings. The van der Waals surface area contributed by atoms with Crippen LogP contribution in [0.1, 0.15) is 25.7 Å². The van der Waals surface area contributed by atoms with E-state index in [-0.39, 0.29) is 25.7 Å². The summed E-state index contributed by atoms with van der Waals surface area (Å²) >= 11 is 0. The van der Waals surface area contributed by atoms with E-state index in [1.807, 2.05) is 0 Å². The SMILES string of the molecule is O=C(O)[C@H]1CC[C@@](F)(C(=O)O)CC1. The number of halogens is 1. The molecule has 0 bridgehead atoms. The maximum absolute atomic E-state index is 13.3. The molecule has 0 radical (unpaired) electrons. The molecule has 0 saturated heterocycles. The predicted octanol–water partition coefficient (Wildman–Crippen LogP) is 1.05. The number of rotatable bonds is 2. The number of carbonyl (C=O) groups is 2. The molecular weight excluding hydrogens is 179 g/mol. The van der Waals surface area contributed by atoms with Crippen LogP contribution in [0.25, 0.3) is 0 Å². The monoisotopic (exact) mass is 190 g/mol. The summed E-state index contributed by atoms with van der Waals surface area (Å²) in [5.74, 6) is -3.02. The van der Waals surface area contributed by atoms with Crippen molar-refractivity contribution in [3.05, 3.63) is 0 Å². The molecule has 5 heteroatoms. The van der Waals surface area contributed by atoms with Crippen LogP contribution in [0.4, 0.5) is 4.39 Å². The molecule has 1 aliphatic carbocycles. The average Bonchev–Trinajstić information content (AvgIpc) is 2.04. The molecule has 2 N–H and O–H groups in total. The molecule has 4 nitrogen and oxygen atoms in total. The van der Waals surface area contributed by atoms with Gasteiger partial charge >= 0.3 is 11.9 Å². The number of hydrogen-bond donors (Lipinski definition) is 2. The van der Waals surface area contributed by atoms with Gasteiger partial charge in [-0.2, -0.15) is 0 Å². The lowest BCUT2D eigenvalue weighted by atomic mass is 9.80. The van der Waals surface area contributed by atoms with E-state index in [1.165, 1.54) is 0 Å². The third-order valence-electron chi connectivity index (χ3n) is 2.51. The molecule has 1 fully saturated rings. The van der Waals surface area contributed by atoms with Gasteiger partial charge in [-0.05, 0) is 25.7 Å². The fourth-order valence-corrected chi connectivity index (χ4v) is 1.54. The molecular formula is C8H11FO4. The minimum absolute atomic E-state index is 0.109. The highest BCUT2D eigenvalue weighted by Gasteiger charge is 2.43. The Morgan fingerprint density at radius 1 is 1.23 bits per heavy atom. The van der Waals surface area contributed by atoms with E-state index in [0.29, 0.717) is 0 Å². The maximum atomic E-state index is 13.3. The van der Waals surface area contributed by atoms with Gasteiger partial charge in [-0.25, -0.2) is 9.18 Å². The molecule has 0 amide bonds. The van der Waals surface area contributed by atoms with Crippen LogP contribution in [-0.2, 0) is 9.59 Å². The van der Waals surface area contributed by atoms with Crippen LogP contribution >= 0.6 is 0 Å². The Balaban J connectivity index is 2.56. The molecule has 0 unspecified atom stereocenters. The second-order valence-corrected chi connectivity index (χ2v) is 3.38. The van der Waals surface area contributed by atoms with Gasteiger partial charge in [-0.15, -0.1) is 0 Å². The highest BCUT2D eigenvalue weighted by molar-refractivity contribution is 5.78. The minimum atomic E-state index is -2.20. The zero-order valence-electron chi connectivity index (χ0n) is 6.99.